The van der Waals surface area contributed by atoms with Crippen LogP contribution in [0.1, 0.15) is 17.5 Å². The van der Waals surface area contributed by atoms with Crippen molar-refractivity contribution in [1.82, 2.24) is 0 Å². The molecule has 0 bridgehead atoms. The molecule has 2 heteroatoms. The smallest absolute Gasteiger partial charge is 0.118 e. The van der Waals surface area contributed by atoms with E-state index in [9.17, 15) is 5.11 Å². The van der Waals surface area contributed by atoms with Gasteiger partial charge in [0.05, 0.1) is 0 Å². The van der Waals surface area contributed by atoms with E-state index in [1.54, 1.807) is 11.8 Å². The Labute approximate surface area is 147 Å². The van der Waals surface area contributed by atoms with E-state index < -0.39 is 5.60 Å². The fraction of sp³-hybridized carbons (Fsp3) is 0.0909. The van der Waals surface area contributed by atoms with E-state index in [4.69, 9.17) is 0 Å². The Hall–Kier alpha value is -2.29. The molecule has 0 aromatic heterocycles. The van der Waals surface area contributed by atoms with E-state index in [1.807, 2.05) is 90.3 Å². The normalized spacial score (nSPS) is 11.7. The summed E-state index contributed by atoms with van der Waals surface area (Å²) >= 11 is 1.66. The highest BCUT2D eigenvalue weighted by molar-refractivity contribution is 8.02. The van der Waals surface area contributed by atoms with E-state index in [-0.39, 0.29) is 0 Å². The van der Waals surface area contributed by atoms with Gasteiger partial charge in [0.1, 0.15) is 5.60 Å². The Kier molecular flexibility index (Phi) is 5.52. The van der Waals surface area contributed by atoms with Crippen LogP contribution in [0, 0.1) is 0 Å². The largest absolute Gasteiger partial charge is 0.380 e. The summed E-state index contributed by atoms with van der Waals surface area (Å²) in [6.45, 7) is 0. The number of aliphatic hydroxyl groups is 1. The van der Waals surface area contributed by atoms with E-state index in [0.29, 0.717) is 6.42 Å². The molecule has 0 fully saturated rings. The first-order chi connectivity index (χ1) is 11.8. The van der Waals surface area contributed by atoms with Crippen LogP contribution < -0.4 is 0 Å². The second kappa shape index (κ2) is 8.00. The third kappa shape index (κ3) is 3.97. The van der Waals surface area contributed by atoms with Crippen LogP contribution in [-0.4, -0.2) is 5.11 Å². The van der Waals surface area contributed by atoms with E-state index in [2.05, 4.69) is 12.1 Å². The van der Waals surface area contributed by atoms with Crippen molar-refractivity contribution in [2.24, 2.45) is 0 Å². The molecule has 0 aliphatic carbocycles. The zero-order valence-corrected chi connectivity index (χ0v) is 14.2. The monoisotopic (exact) mass is 332 g/mol. The Bertz CT molecular complexity index is 727. The number of benzene rings is 3. The first-order valence-corrected chi connectivity index (χ1v) is 8.87. The summed E-state index contributed by atoms with van der Waals surface area (Å²) in [4.78, 5) is 1.19. The lowest BCUT2D eigenvalue weighted by atomic mass is 9.84. The molecule has 3 aromatic carbocycles. The summed E-state index contributed by atoms with van der Waals surface area (Å²) in [5, 5.41) is 13.4. The SMILES string of the molecule is OC(CC=CSc1ccccc1)(c1ccccc1)c1ccccc1. The van der Waals surface area contributed by atoms with Crippen molar-refractivity contribution in [2.45, 2.75) is 16.9 Å². The van der Waals surface area contributed by atoms with Gasteiger partial charge in [-0.15, -0.1) is 0 Å². The Balaban J connectivity index is 1.81. The van der Waals surface area contributed by atoms with Gasteiger partial charge in [-0.3, -0.25) is 0 Å². The lowest BCUT2D eigenvalue weighted by molar-refractivity contribution is 0.0842. The van der Waals surface area contributed by atoms with Gasteiger partial charge in [0, 0.05) is 11.3 Å². The molecule has 24 heavy (non-hydrogen) atoms. The highest BCUT2D eigenvalue weighted by atomic mass is 32.2. The van der Waals surface area contributed by atoms with Crippen LogP contribution >= 0.6 is 11.8 Å². The topological polar surface area (TPSA) is 20.2 Å². The molecule has 0 spiro atoms. The summed E-state index contributed by atoms with van der Waals surface area (Å²) in [7, 11) is 0. The maximum absolute atomic E-state index is 11.4. The summed E-state index contributed by atoms with van der Waals surface area (Å²) in [5.41, 5.74) is 0.798. The van der Waals surface area contributed by atoms with Gasteiger partial charge in [-0.1, -0.05) is 96.7 Å². The molecular formula is C22H20OS. The van der Waals surface area contributed by atoms with E-state index in [1.165, 1.54) is 4.90 Å². The van der Waals surface area contributed by atoms with Crippen LogP contribution in [0.5, 0.6) is 0 Å². The lowest BCUT2D eigenvalue weighted by Gasteiger charge is -2.28. The van der Waals surface area contributed by atoms with Gasteiger partial charge in [0.15, 0.2) is 0 Å². The van der Waals surface area contributed by atoms with E-state index in [0.717, 1.165) is 11.1 Å². The first kappa shape index (κ1) is 16.6. The molecule has 0 unspecified atom stereocenters. The molecule has 0 radical (unpaired) electrons. The lowest BCUT2D eigenvalue weighted by Crippen LogP contribution is -2.26. The Morgan fingerprint density at radius 2 is 1.17 bits per heavy atom. The van der Waals surface area contributed by atoms with Crippen molar-refractivity contribution in [2.75, 3.05) is 0 Å². The molecule has 0 aliphatic heterocycles. The molecule has 0 amide bonds. The first-order valence-electron chi connectivity index (χ1n) is 7.99. The van der Waals surface area contributed by atoms with Crippen molar-refractivity contribution in [3.63, 3.8) is 0 Å². The predicted octanol–water partition coefficient (Wildman–Crippen LogP) is 5.62. The fourth-order valence-corrected chi connectivity index (χ4v) is 3.34. The number of thioether (sulfide) groups is 1. The van der Waals surface area contributed by atoms with Crippen LogP contribution in [0.2, 0.25) is 0 Å². The molecule has 3 rings (SSSR count). The van der Waals surface area contributed by atoms with Crippen molar-refractivity contribution in [3.05, 3.63) is 114 Å². The quantitative estimate of drug-likeness (QED) is 0.591. The summed E-state index contributed by atoms with van der Waals surface area (Å²) in [6.07, 6.45) is 2.57. The highest BCUT2D eigenvalue weighted by Gasteiger charge is 2.29. The molecule has 0 aliphatic rings. The summed E-state index contributed by atoms with van der Waals surface area (Å²) in [6, 6.07) is 29.9. The maximum Gasteiger partial charge on any atom is 0.118 e. The molecular weight excluding hydrogens is 312 g/mol. The van der Waals surface area contributed by atoms with Crippen LogP contribution in [0.3, 0.4) is 0 Å². The van der Waals surface area contributed by atoms with Gasteiger partial charge in [-0.05, 0) is 28.7 Å². The van der Waals surface area contributed by atoms with Crippen LogP contribution in [0.15, 0.2) is 107 Å². The van der Waals surface area contributed by atoms with Gasteiger partial charge in [-0.25, -0.2) is 0 Å². The van der Waals surface area contributed by atoms with Crippen molar-refractivity contribution >= 4 is 11.8 Å². The van der Waals surface area contributed by atoms with Crippen LogP contribution in [0.4, 0.5) is 0 Å². The second-order valence-corrected chi connectivity index (χ2v) is 6.58. The van der Waals surface area contributed by atoms with Crippen LogP contribution in [0.25, 0.3) is 0 Å². The Morgan fingerprint density at radius 3 is 1.67 bits per heavy atom. The third-order valence-corrected chi connectivity index (χ3v) is 4.83. The molecule has 0 heterocycles. The molecule has 0 saturated heterocycles. The standard InChI is InChI=1S/C22H20OS/c23-22(19-11-4-1-5-12-19,20-13-6-2-7-14-20)17-10-18-24-21-15-8-3-9-16-21/h1-16,18,23H,17H2. The minimum atomic E-state index is -1.02. The van der Waals surface area contributed by atoms with Crippen LogP contribution in [-0.2, 0) is 5.60 Å². The highest BCUT2D eigenvalue weighted by Crippen LogP contribution is 2.33. The van der Waals surface area contributed by atoms with Gasteiger partial charge < -0.3 is 5.11 Å². The van der Waals surface area contributed by atoms with Crippen molar-refractivity contribution < 1.29 is 5.11 Å². The van der Waals surface area contributed by atoms with Crippen molar-refractivity contribution in [1.29, 1.82) is 0 Å². The maximum atomic E-state index is 11.4. The van der Waals surface area contributed by atoms with Gasteiger partial charge in [0.25, 0.3) is 0 Å². The predicted molar refractivity (Wildman–Crippen MR) is 102 cm³/mol. The third-order valence-electron chi connectivity index (χ3n) is 3.96. The van der Waals surface area contributed by atoms with Gasteiger partial charge >= 0.3 is 0 Å². The Morgan fingerprint density at radius 1 is 0.708 bits per heavy atom. The van der Waals surface area contributed by atoms with E-state index >= 15 is 0 Å². The summed E-state index contributed by atoms with van der Waals surface area (Å²) < 4.78 is 0. The number of hydrogen-bond acceptors (Lipinski definition) is 2. The molecule has 3 aromatic rings. The fourth-order valence-electron chi connectivity index (χ4n) is 2.67. The number of hydrogen-bond donors (Lipinski definition) is 1. The molecule has 1 N–H and O–H groups in total. The zero-order valence-electron chi connectivity index (χ0n) is 13.4. The second-order valence-electron chi connectivity index (χ2n) is 5.60. The van der Waals surface area contributed by atoms with Crippen molar-refractivity contribution in [3.8, 4) is 0 Å². The van der Waals surface area contributed by atoms with Gasteiger partial charge in [0.2, 0.25) is 0 Å². The summed E-state index contributed by atoms with van der Waals surface area (Å²) in [5.74, 6) is 0. The minimum Gasteiger partial charge on any atom is -0.380 e. The zero-order chi connectivity index (χ0) is 16.7. The molecule has 1 nitrogen and oxygen atoms in total. The molecule has 0 atom stereocenters. The average Bonchev–Trinajstić information content (AvgIpc) is 2.67. The number of rotatable bonds is 6. The van der Waals surface area contributed by atoms with Gasteiger partial charge in [-0.2, -0.15) is 0 Å². The molecule has 120 valence electrons. The average molecular weight is 332 g/mol. The minimum absolute atomic E-state index is 0.529. The molecule has 0 saturated carbocycles.